The van der Waals surface area contributed by atoms with Crippen LogP contribution < -0.4 is 0 Å². The van der Waals surface area contributed by atoms with Crippen LogP contribution in [0.15, 0.2) is 0 Å². The Kier molecular flexibility index (Phi) is 11.2. The minimum atomic E-state index is -2.79. The predicted molar refractivity (Wildman–Crippen MR) is 78.8 cm³/mol. The molecule has 0 spiro atoms. The summed E-state index contributed by atoms with van der Waals surface area (Å²) in [4.78, 5) is 0. The molecule has 0 aliphatic carbocycles. The summed E-state index contributed by atoms with van der Waals surface area (Å²) in [5.74, 6) is 0. The predicted octanol–water partition coefficient (Wildman–Crippen LogP) is 3.90. The van der Waals surface area contributed by atoms with Gasteiger partial charge in [0.1, 0.15) is 5.54 Å². The van der Waals surface area contributed by atoms with Crippen molar-refractivity contribution in [2.45, 2.75) is 63.8 Å². The summed E-state index contributed by atoms with van der Waals surface area (Å²) >= 11 is 0. The summed E-state index contributed by atoms with van der Waals surface area (Å²) in [6, 6.07) is 2.29. The number of nitrogens with zero attached hydrogens (tertiary/aromatic N) is 1. The Labute approximate surface area is 119 Å². The van der Waals surface area contributed by atoms with Gasteiger partial charge in [-0.2, -0.15) is 5.26 Å². The average Bonchev–Trinajstić information content (AvgIpc) is 2.46. The van der Waals surface area contributed by atoms with E-state index >= 15 is 0 Å². The van der Waals surface area contributed by atoms with E-state index in [1.165, 1.54) is 38.5 Å². The third kappa shape index (κ3) is 6.53. The van der Waals surface area contributed by atoms with Crippen molar-refractivity contribution in [3.05, 3.63) is 0 Å². The van der Waals surface area contributed by atoms with E-state index in [9.17, 15) is 5.26 Å². The van der Waals surface area contributed by atoms with Gasteiger partial charge in [-0.15, -0.1) is 0 Å². The monoisotopic (exact) mass is 287 g/mol. The zero-order chi connectivity index (χ0) is 14.6. The Balaban J connectivity index is 3.97. The number of hydrogen-bond donors (Lipinski definition) is 0. The molecule has 0 aliphatic rings. The number of nitriles is 1. The van der Waals surface area contributed by atoms with Crippen LogP contribution in [0.4, 0.5) is 0 Å². The van der Waals surface area contributed by atoms with E-state index < -0.39 is 8.80 Å². The zero-order valence-corrected chi connectivity index (χ0v) is 13.9. The average molecular weight is 287 g/mol. The Morgan fingerprint density at radius 1 is 0.895 bits per heavy atom. The molecule has 0 heterocycles. The molecule has 5 heteroatoms. The smallest absolute Gasteiger partial charge is 0.376 e. The maximum absolute atomic E-state index is 9.27. The standard InChI is InChI=1S/C14H29NO3Si/c1-5-6-7-8-9-10-11-12-14(13-15)19(16-2,17-3)18-4/h14H,5-12H2,1-4H3. The molecule has 0 aromatic carbocycles. The quantitative estimate of drug-likeness (QED) is 0.403. The largest absolute Gasteiger partial charge is 0.518 e. The normalized spacial score (nSPS) is 13.2. The highest BCUT2D eigenvalue weighted by molar-refractivity contribution is 6.63. The summed E-state index contributed by atoms with van der Waals surface area (Å²) in [6.07, 6.45) is 9.48. The van der Waals surface area contributed by atoms with Crippen LogP contribution in [0.5, 0.6) is 0 Å². The maximum Gasteiger partial charge on any atom is 0.518 e. The Bertz CT molecular complexity index is 243. The van der Waals surface area contributed by atoms with E-state index in [1.54, 1.807) is 21.3 Å². The molecule has 0 radical (unpaired) electrons. The second kappa shape index (κ2) is 11.4. The number of unbranched alkanes of at least 4 members (excludes halogenated alkanes) is 6. The van der Waals surface area contributed by atoms with Crippen LogP contribution in [0.1, 0.15) is 58.3 Å². The fourth-order valence-corrected chi connectivity index (χ4v) is 4.37. The molecule has 0 aromatic heterocycles. The zero-order valence-electron chi connectivity index (χ0n) is 12.9. The summed E-state index contributed by atoms with van der Waals surface area (Å²) in [5.41, 5.74) is -0.261. The lowest BCUT2D eigenvalue weighted by molar-refractivity contribution is 0.116. The van der Waals surface area contributed by atoms with Crippen molar-refractivity contribution < 1.29 is 13.3 Å². The molecule has 0 amide bonds. The molecule has 0 saturated heterocycles. The van der Waals surface area contributed by atoms with Gasteiger partial charge in [0.15, 0.2) is 0 Å². The third-order valence-corrected chi connectivity index (χ3v) is 6.51. The molecule has 112 valence electrons. The van der Waals surface area contributed by atoms with E-state index in [0.717, 1.165) is 12.8 Å². The first-order chi connectivity index (χ1) is 9.20. The van der Waals surface area contributed by atoms with Gasteiger partial charge in [-0.25, -0.2) is 0 Å². The lowest BCUT2D eigenvalue weighted by Gasteiger charge is -2.28. The summed E-state index contributed by atoms with van der Waals surface area (Å²) in [7, 11) is 1.90. The van der Waals surface area contributed by atoms with Gasteiger partial charge in [0, 0.05) is 21.3 Å². The highest BCUT2D eigenvalue weighted by Crippen LogP contribution is 2.29. The summed E-state index contributed by atoms with van der Waals surface area (Å²) in [5, 5.41) is 9.27. The molecule has 0 aliphatic heterocycles. The second-order valence-electron chi connectivity index (χ2n) is 4.81. The Morgan fingerprint density at radius 3 is 1.79 bits per heavy atom. The molecule has 4 nitrogen and oxygen atoms in total. The van der Waals surface area contributed by atoms with Crippen LogP contribution in [-0.2, 0) is 13.3 Å². The molecular formula is C14H29NO3Si. The van der Waals surface area contributed by atoms with Gasteiger partial charge in [0.2, 0.25) is 0 Å². The van der Waals surface area contributed by atoms with Crippen molar-refractivity contribution >= 4 is 8.80 Å². The van der Waals surface area contributed by atoms with E-state index in [-0.39, 0.29) is 5.54 Å². The topological polar surface area (TPSA) is 51.5 Å². The van der Waals surface area contributed by atoms with Crippen molar-refractivity contribution in [2.24, 2.45) is 0 Å². The maximum atomic E-state index is 9.27. The van der Waals surface area contributed by atoms with Gasteiger partial charge in [0.05, 0.1) is 6.07 Å². The van der Waals surface area contributed by atoms with Gasteiger partial charge in [-0.05, 0) is 6.42 Å². The molecule has 0 bridgehead atoms. The van der Waals surface area contributed by atoms with Crippen molar-refractivity contribution in [2.75, 3.05) is 21.3 Å². The molecule has 19 heavy (non-hydrogen) atoms. The molecule has 0 aromatic rings. The van der Waals surface area contributed by atoms with Crippen LogP contribution in [0.2, 0.25) is 5.54 Å². The fourth-order valence-electron chi connectivity index (χ4n) is 2.30. The van der Waals surface area contributed by atoms with Crippen molar-refractivity contribution in [1.29, 1.82) is 5.26 Å². The van der Waals surface area contributed by atoms with Crippen molar-refractivity contribution in [3.63, 3.8) is 0 Å². The van der Waals surface area contributed by atoms with E-state index in [1.807, 2.05) is 0 Å². The first-order valence-electron chi connectivity index (χ1n) is 7.25. The molecule has 1 atom stereocenters. The lowest BCUT2D eigenvalue weighted by atomic mass is 10.1. The van der Waals surface area contributed by atoms with E-state index in [4.69, 9.17) is 13.3 Å². The highest BCUT2D eigenvalue weighted by atomic mass is 28.4. The fraction of sp³-hybridized carbons (Fsp3) is 0.929. The number of hydrogen-bond acceptors (Lipinski definition) is 4. The number of rotatable bonds is 12. The van der Waals surface area contributed by atoms with Crippen LogP contribution in [-0.4, -0.2) is 30.1 Å². The SMILES string of the molecule is CCCCCCCCCC(C#N)[Si](OC)(OC)OC. The van der Waals surface area contributed by atoms with Crippen LogP contribution in [0.25, 0.3) is 0 Å². The summed E-state index contributed by atoms with van der Waals surface area (Å²) < 4.78 is 16.1. The second-order valence-corrected chi connectivity index (χ2v) is 7.94. The first kappa shape index (κ1) is 18.6. The summed E-state index contributed by atoms with van der Waals surface area (Å²) in [6.45, 7) is 2.22. The van der Waals surface area contributed by atoms with Gasteiger partial charge in [-0.3, -0.25) is 0 Å². The Morgan fingerprint density at radius 2 is 1.37 bits per heavy atom. The molecule has 0 N–H and O–H groups in total. The molecule has 1 unspecified atom stereocenters. The van der Waals surface area contributed by atoms with Crippen LogP contribution in [0.3, 0.4) is 0 Å². The molecule has 0 saturated carbocycles. The minimum Gasteiger partial charge on any atom is -0.376 e. The minimum absolute atomic E-state index is 0.261. The van der Waals surface area contributed by atoms with Gasteiger partial charge >= 0.3 is 8.80 Å². The molecular weight excluding hydrogens is 258 g/mol. The first-order valence-corrected chi connectivity index (χ1v) is 9.06. The van der Waals surface area contributed by atoms with Crippen LogP contribution in [0, 0.1) is 11.3 Å². The van der Waals surface area contributed by atoms with Crippen LogP contribution >= 0.6 is 0 Å². The van der Waals surface area contributed by atoms with Gasteiger partial charge in [0.25, 0.3) is 0 Å². The Hall–Kier alpha value is -0.413. The van der Waals surface area contributed by atoms with E-state index in [0.29, 0.717) is 0 Å². The third-order valence-electron chi connectivity index (χ3n) is 3.53. The van der Waals surface area contributed by atoms with Gasteiger partial charge < -0.3 is 13.3 Å². The van der Waals surface area contributed by atoms with Crippen molar-refractivity contribution in [1.82, 2.24) is 0 Å². The van der Waals surface area contributed by atoms with Crippen molar-refractivity contribution in [3.8, 4) is 6.07 Å². The highest BCUT2D eigenvalue weighted by Gasteiger charge is 2.47. The lowest BCUT2D eigenvalue weighted by Crippen LogP contribution is -2.47. The van der Waals surface area contributed by atoms with E-state index in [2.05, 4.69) is 13.0 Å². The molecule has 0 rings (SSSR count). The van der Waals surface area contributed by atoms with Gasteiger partial charge in [-0.1, -0.05) is 51.9 Å². The molecule has 0 fully saturated rings.